The van der Waals surface area contributed by atoms with Crippen molar-refractivity contribution >= 4 is 35.8 Å². The summed E-state index contributed by atoms with van der Waals surface area (Å²) in [5, 5.41) is 5.94. The number of carbonyl (C=O) groups is 1. The van der Waals surface area contributed by atoms with Gasteiger partial charge in [0.25, 0.3) is 0 Å². The summed E-state index contributed by atoms with van der Waals surface area (Å²) >= 11 is 0. The number of hydrogen-bond acceptors (Lipinski definition) is 2. The van der Waals surface area contributed by atoms with Crippen molar-refractivity contribution in [1.82, 2.24) is 10.6 Å². The lowest BCUT2D eigenvalue weighted by Crippen LogP contribution is -2.42. The van der Waals surface area contributed by atoms with Crippen LogP contribution in [0.15, 0.2) is 53.5 Å². The Balaban J connectivity index is 0.00000450. The van der Waals surface area contributed by atoms with Crippen molar-refractivity contribution in [3.8, 4) is 0 Å². The summed E-state index contributed by atoms with van der Waals surface area (Å²) in [6, 6.07) is 10.6. The number of hydrogen-bond donors (Lipinski definition) is 3. The molecule has 0 fully saturated rings. The van der Waals surface area contributed by atoms with E-state index in [9.17, 15) is 22.4 Å². The fourth-order valence-corrected chi connectivity index (χ4v) is 2.62. The van der Waals surface area contributed by atoms with Gasteiger partial charge in [-0.3, -0.25) is 9.79 Å². The van der Waals surface area contributed by atoms with Crippen molar-refractivity contribution in [3.63, 3.8) is 0 Å². The Bertz CT molecular complexity index is 839. The highest BCUT2D eigenvalue weighted by atomic mass is 127. The van der Waals surface area contributed by atoms with Gasteiger partial charge in [0.15, 0.2) is 5.96 Å². The Morgan fingerprint density at radius 1 is 1.03 bits per heavy atom. The molecule has 0 bridgehead atoms. The molecule has 30 heavy (non-hydrogen) atoms. The first kappa shape index (κ1) is 25.7. The molecule has 1 amide bonds. The molecule has 5 nitrogen and oxygen atoms in total. The van der Waals surface area contributed by atoms with Gasteiger partial charge in [-0.15, -0.1) is 24.0 Å². The van der Waals surface area contributed by atoms with Crippen molar-refractivity contribution in [1.29, 1.82) is 0 Å². The molecule has 0 aliphatic carbocycles. The van der Waals surface area contributed by atoms with E-state index in [4.69, 9.17) is 5.73 Å². The number of halogens is 5. The second-order valence-electron chi connectivity index (χ2n) is 6.43. The van der Waals surface area contributed by atoms with Crippen LogP contribution in [0.1, 0.15) is 16.7 Å². The zero-order chi connectivity index (χ0) is 21.4. The highest BCUT2D eigenvalue weighted by Crippen LogP contribution is 2.29. The SMILES string of the molecule is CN=C(NCc1ccc(C(F)(F)F)cc1)NCC(Cc1ccc(F)cc1)C(N)=O.I. The van der Waals surface area contributed by atoms with Crippen LogP contribution in [0.2, 0.25) is 0 Å². The molecule has 10 heteroatoms. The molecule has 0 heterocycles. The average Bonchev–Trinajstić information content (AvgIpc) is 2.68. The van der Waals surface area contributed by atoms with Gasteiger partial charge in [-0.05, 0) is 41.8 Å². The number of aliphatic imine (C=N–C) groups is 1. The van der Waals surface area contributed by atoms with Gasteiger partial charge >= 0.3 is 6.18 Å². The highest BCUT2D eigenvalue weighted by molar-refractivity contribution is 14.0. The van der Waals surface area contributed by atoms with Crippen LogP contribution in [-0.4, -0.2) is 25.5 Å². The van der Waals surface area contributed by atoms with Crippen molar-refractivity contribution in [2.24, 2.45) is 16.6 Å². The van der Waals surface area contributed by atoms with Crippen LogP contribution in [0.3, 0.4) is 0 Å². The van der Waals surface area contributed by atoms with E-state index in [1.165, 1.54) is 31.3 Å². The number of alkyl halides is 3. The van der Waals surface area contributed by atoms with Crippen molar-refractivity contribution in [3.05, 3.63) is 71.0 Å². The summed E-state index contributed by atoms with van der Waals surface area (Å²) in [4.78, 5) is 15.7. The molecule has 0 saturated carbocycles. The standard InChI is InChI=1S/C20H22F4N4O.HI/c1-26-19(27-11-14-2-6-16(7-3-14)20(22,23)24)28-12-15(18(25)29)10-13-4-8-17(21)9-5-13;/h2-9,15H,10-12H2,1H3,(H2,25,29)(H2,26,27,28);1H. The third-order valence-corrected chi connectivity index (χ3v) is 4.28. The maximum absolute atomic E-state index is 13.0. The van der Waals surface area contributed by atoms with Crippen LogP contribution in [-0.2, 0) is 23.9 Å². The quantitative estimate of drug-likeness (QED) is 0.219. The Kier molecular flexibility index (Phi) is 10.0. The third-order valence-electron chi connectivity index (χ3n) is 4.28. The molecule has 0 aliphatic heterocycles. The largest absolute Gasteiger partial charge is 0.416 e. The summed E-state index contributed by atoms with van der Waals surface area (Å²) in [6.45, 7) is 0.441. The Labute approximate surface area is 189 Å². The van der Waals surface area contributed by atoms with E-state index in [0.29, 0.717) is 17.9 Å². The molecule has 0 aromatic heterocycles. The number of carbonyl (C=O) groups excluding carboxylic acids is 1. The first-order valence-corrected chi connectivity index (χ1v) is 8.83. The van der Waals surface area contributed by atoms with Gasteiger partial charge in [-0.25, -0.2) is 4.39 Å². The van der Waals surface area contributed by atoms with Crippen molar-refractivity contribution in [2.75, 3.05) is 13.6 Å². The van der Waals surface area contributed by atoms with Crippen LogP contribution < -0.4 is 16.4 Å². The smallest absolute Gasteiger partial charge is 0.369 e. The number of nitrogens with two attached hydrogens (primary N) is 1. The molecule has 2 rings (SSSR count). The summed E-state index contributed by atoms with van der Waals surface area (Å²) in [5.74, 6) is -1.06. The van der Waals surface area contributed by atoms with E-state index in [1.807, 2.05) is 0 Å². The summed E-state index contributed by atoms with van der Waals surface area (Å²) in [5.41, 5.74) is 6.14. The predicted octanol–water partition coefficient (Wildman–Crippen LogP) is 3.47. The van der Waals surface area contributed by atoms with Crippen LogP contribution >= 0.6 is 24.0 Å². The van der Waals surface area contributed by atoms with E-state index in [-0.39, 0.29) is 42.9 Å². The fourth-order valence-electron chi connectivity index (χ4n) is 2.62. The molecule has 1 atom stereocenters. The molecule has 0 radical (unpaired) electrons. The minimum absolute atomic E-state index is 0. The molecule has 164 valence electrons. The molecule has 0 spiro atoms. The van der Waals surface area contributed by atoms with E-state index in [0.717, 1.165) is 17.7 Å². The van der Waals surface area contributed by atoms with E-state index >= 15 is 0 Å². The van der Waals surface area contributed by atoms with Gasteiger partial charge < -0.3 is 16.4 Å². The number of amides is 1. The summed E-state index contributed by atoms with van der Waals surface area (Å²) in [7, 11) is 1.53. The first-order chi connectivity index (χ1) is 13.7. The van der Waals surface area contributed by atoms with Crippen LogP contribution in [0.25, 0.3) is 0 Å². The Hall–Kier alpha value is -2.37. The van der Waals surface area contributed by atoms with Gasteiger partial charge in [0, 0.05) is 20.1 Å². The van der Waals surface area contributed by atoms with Crippen molar-refractivity contribution < 1.29 is 22.4 Å². The van der Waals surface area contributed by atoms with Crippen molar-refractivity contribution in [2.45, 2.75) is 19.1 Å². The second-order valence-corrected chi connectivity index (χ2v) is 6.43. The molecule has 0 saturated heterocycles. The minimum Gasteiger partial charge on any atom is -0.369 e. The number of nitrogens with zero attached hydrogens (tertiary/aromatic N) is 1. The van der Waals surface area contributed by atoms with Gasteiger partial charge in [0.05, 0.1) is 11.5 Å². The van der Waals surface area contributed by atoms with E-state index < -0.39 is 23.6 Å². The fraction of sp³-hybridized carbons (Fsp3) is 0.300. The van der Waals surface area contributed by atoms with Crippen LogP contribution in [0.4, 0.5) is 17.6 Å². The number of rotatable bonds is 7. The van der Waals surface area contributed by atoms with Gasteiger partial charge in [0.2, 0.25) is 5.91 Å². The van der Waals surface area contributed by atoms with E-state index in [2.05, 4.69) is 15.6 Å². The van der Waals surface area contributed by atoms with Gasteiger partial charge in [-0.1, -0.05) is 24.3 Å². The summed E-state index contributed by atoms with van der Waals surface area (Å²) < 4.78 is 50.8. The summed E-state index contributed by atoms with van der Waals surface area (Å²) in [6.07, 6.45) is -4.05. The lowest BCUT2D eigenvalue weighted by Gasteiger charge is -2.17. The lowest BCUT2D eigenvalue weighted by molar-refractivity contribution is -0.137. The highest BCUT2D eigenvalue weighted by Gasteiger charge is 2.29. The third kappa shape index (κ3) is 8.17. The number of nitrogens with one attached hydrogen (secondary N) is 2. The molecule has 2 aromatic carbocycles. The topological polar surface area (TPSA) is 79.5 Å². The Morgan fingerprint density at radius 3 is 2.10 bits per heavy atom. The normalized spacial score (nSPS) is 12.6. The monoisotopic (exact) mass is 538 g/mol. The second kappa shape index (κ2) is 11.7. The first-order valence-electron chi connectivity index (χ1n) is 8.83. The molecule has 0 aliphatic rings. The van der Waals surface area contributed by atoms with Crippen LogP contribution in [0, 0.1) is 11.7 Å². The molecule has 2 aromatic rings. The maximum atomic E-state index is 13.0. The lowest BCUT2D eigenvalue weighted by atomic mass is 9.98. The zero-order valence-corrected chi connectivity index (χ0v) is 18.5. The molecular weight excluding hydrogens is 515 g/mol. The molecule has 1 unspecified atom stereocenters. The minimum atomic E-state index is -4.38. The number of primary amides is 1. The van der Waals surface area contributed by atoms with Gasteiger partial charge in [-0.2, -0.15) is 13.2 Å². The average molecular weight is 538 g/mol. The Morgan fingerprint density at radius 2 is 1.60 bits per heavy atom. The number of guanidine groups is 1. The molecule has 4 N–H and O–H groups in total. The van der Waals surface area contributed by atoms with Gasteiger partial charge in [0.1, 0.15) is 5.82 Å². The van der Waals surface area contributed by atoms with Crippen LogP contribution in [0.5, 0.6) is 0 Å². The molecular formula is C20H23F4IN4O. The number of benzene rings is 2. The zero-order valence-electron chi connectivity index (χ0n) is 16.2. The predicted molar refractivity (Wildman–Crippen MR) is 118 cm³/mol. The van der Waals surface area contributed by atoms with E-state index in [1.54, 1.807) is 12.1 Å². The maximum Gasteiger partial charge on any atom is 0.416 e.